The first-order valence-corrected chi connectivity index (χ1v) is 8.50. The molecule has 2 fully saturated rings. The molecular formula is C18H27N3. The quantitative estimate of drug-likeness (QED) is 0.916. The van der Waals surface area contributed by atoms with Gasteiger partial charge in [-0.1, -0.05) is 12.1 Å². The van der Waals surface area contributed by atoms with Gasteiger partial charge < -0.3 is 10.2 Å². The number of anilines is 1. The summed E-state index contributed by atoms with van der Waals surface area (Å²) in [6.45, 7) is 3.60. The fourth-order valence-corrected chi connectivity index (χ4v) is 4.14. The standard InChI is InChI=1S/C18H27N3/c1-20-9-7-13-11-14(3-6-17(13)20)18-15(8-10-21(18)2)12-19-16-4-5-16/h3,6,11,15-16,18-19H,4-5,7-10,12H2,1-2H3. The van der Waals surface area contributed by atoms with Crippen LogP contribution in [-0.4, -0.2) is 44.7 Å². The molecule has 3 aliphatic rings. The first kappa shape index (κ1) is 13.6. The molecule has 3 nitrogen and oxygen atoms in total. The van der Waals surface area contributed by atoms with E-state index in [1.54, 1.807) is 5.56 Å². The third kappa shape index (κ3) is 2.58. The number of rotatable bonds is 4. The number of fused-ring (bicyclic) bond motifs is 1. The molecule has 2 heterocycles. The average molecular weight is 285 g/mol. The first-order valence-electron chi connectivity index (χ1n) is 8.50. The van der Waals surface area contributed by atoms with Gasteiger partial charge in [0.15, 0.2) is 0 Å². The van der Waals surface area contributed by atoms with Crippen molar-refractivity contribution in [3.63, 3.8) is 0 Å². The van der Waals surface area contributed by atoms with Gasteiger partial charge in [-0.05, 0) is 62.4 Å². The molecule has 2 unspecified atom stereocenters. The van der Waals surface area contributed by atoms with Crippen LogP contribution in [0.2, 0.25) is 0 Å². The van der Waals surface area contributed by atoms with E-state index in [4.69, 9.17) is 0 Å². The van der Waals surface area contributed by atoms with Crippen molar-refractivity contribution in [2.24, 2.45) is 5.92 Å². The summed E-state index contributed by atoms with van der Waals surface area (Å²) in [5, 5.41) is 3.74. The highest BCUT2D eigenvalue weighted by molar-refractivity contribution is 5.58. The molecule has 1 N–H and O–H groups in total. The minimum absolute atomic E-state index is 0.604. The van der Waals surface area contributed by atoms with E-state index in [1.165, 1.54) is 56.6 Å². The van der Waals surface area contributed by atoms with E-state index in [0.717, 1.165) is 12.0 Å². The Bertz CT molecular complexity index is 523. The molecule has 3 heteroatoms. The van der Waals surface area contributed by atoms with E-state index in [1.807, 2.05) is 0 Å². The van der Waals surface area contributed by atoms with Gasteiger partial charge in [0.05, 0.1) is 0 Å². The highest BCUT2D eigenvalue weighted by atomic mass is 15.2. The number of likely N-dealkylation sites (N-methyl/N-ethyl adjacent to an activating group) is 1. The zero-order chi connectivity index (χ0) is 14.4. The monoisotopic (exact) mass is 285 g/mol. The van der Waals surface area contributed by atoms with Crippen molar-refractivity contribution in [3.05, 3.63) is 29.3 Å². The molecule has 1 aromatic rings. The van der Waals surface area contributed by atoms with Gasteiger partial charge in [0.1, 0.15) is 0 Å². The summed E-state index contributed by atoms with van der Waals surface area (Å²) in [4.78, 5) is 4.93. The molecule has 114 valence electrons. The van der Waals surface area contributed by atoms with E-state index in [9.17, 15) is 0 Å². The average Bonchev–Trinajstić information content (AvgIpc) is 3.15. The van der Waals surface area contributed by atoms with Gasteiger partial charge in [-0.15, -0.1) is 0 Å². The van der Waals surface area contributed by atoms with Crippen LogP contribution >= 0.6 is 0 Å². The molecule has 1 saturated carbocycles. The van der Waals surface area contributed by atoms with Crippen molar-refractivity contribution < 1.29 is 0 Å². The maximum atomic E-state index is 3.74. The summed E-state index contributed by atoms with van der Waals surface area (Å²) in [6, 6.07) is 8.62. The van der Waals surface area contributed by atoms with Crippen LogP contribution in [0, 0.1) is 5.92 Å². The van der Waals surface area contributed by atoms with E-state index in [0.29, 0.717) is 6.04 Å². The summed E-state index contributed by atoms with van der Waals surface area (Å²) >= 11 is 0. The van der Waals surface area contributed by atoms with Crippen LogP contribution in [0.3, 0.4) is 0 Å². The zero-order valence-electron chi connectivity index (χ0n) is 13.3. The molecule has 2 atom stereocenters. The molecule has 1 saturated heterocycles. The molecule has 0 bridgehead atoms. The third-order valence-electron chi connectivity index (χ3n) is 5.59. The predicted molar refractivity (Wildman–Crippen MR) is 87.9 cm³/mol. The lowest BCUT2D eigenvalue weighted by Crippen LogP contribution is -2.29. The van der Waals surface area contributed by atoms with E-state index in [-0.39, 0.29) is 0 Å². The van der Waals surface area contributed by atoms with Crippen molar-refractivity contribution >= 4 is 5.69 Å². The minimum atomic E-state index is 0.604. The van der Waals surface area contributed by atoms with Crippen LogP contribution in [0.1, 0.15) is 36.4 Å². The lowest BCUT2D eigenvalue weighted by Gasteiger charge is -2.26. The second kappa shape index (κ2) is 5.29. The van der Waals surface area contributed by atoms with Crippen LogP contribution in [0.5, 0.6) is 0 Å². The lowest BCUT2D eigenvalue weighted by molar-refractivity contribution is 0.271. The third-order valence-corrected chi connectivity index (χ3v) is 5.59. The second-order valence-electron chi connectivity index (χ2n) is 7.22. The van der Waals surface area contributed by atoms with Gasteiger partial charge in [0.25, 0.3) is 0 Å². The van der Waals surface area contributed by atoms with Crippen molar-refractivity contribution in [1.29, 1.82) is 0 Å². The fourth-order valence-electron chi connectivity index (χ4n) is 4.14. The number of benzene rings is 1. The van der Waals surface area contributed by atoms with Gasteiger partial charge in [0, 0.05) is 37.9 Å². The topological polar surface area (TPSA) is 18.5 Å². The Kier molecular flexibility index (Phi) is 3.43. The van der Waals surface area contributed by atoms with Crippen LogP contribution in [0.25, 0.3) is 0 Å². The summed E-state index contributed by atoms with van der Waals surface area (Å²) in [5.74, 6) is 0.771. The van der Waals surface area contributed by atoms with Gasteiger partial charge in [0.2, 0.25) is 0 Å². The van der Waals surface area contributed by atoms with Crippen LogP contribution in [0.15, 0.2) is 18.2 Å². The maximum Gasteiger partial charge on any atom is 0.0397 e. The predicted octanol–water partition coefficient (Wildman–Crippen LogP) is 2.42. The summed E-state index contributed by atoms with van der Waals surface area (Å²) in [7, 11) is 4.50. The maximum absolute atomic E-state index is 3.74. The van der Waals surface area contributed by atoms with E-state index in [2.05, 4.69) is 47.4 Å². The summed E-state index contributed by atoms with van der Waals surface area (Å²) < 4.78 is 0. The number of hydrogen-bond donors (Lipinski definition) is 1. The molecule has 0 radical (unpaired) electrons. The fraction of sp³-hybridized carbons (Fsp3) is 0.667. The Hall–Kier alpha value is -1.06. The molecule has 21 heavy (non-hydrogen) atoms. The normalized spacial score (nSPS) is 29.1. The molecule has 4 rings (SSSR count). The van der Waals surface area contributed by atoms with Crippen LogP contribution in [-0.2, 0) is 6.42 Å². The number of nitrogens with one attached hydrogen (secondary N) is 1. The van der Waals surface area contributed by atoms with Crippen molar-refractivity contribution in [2.75, 3.05) is 38.6 Å². The largest absolute Gasteiger partial charge is 0.374 e. The number of nitrogens with zero attached hydrogens (tertiary/aromatic N) is 2. The van der Waals surface area contributed by atoms with Gasteiger partial charge >= 0.3 is 0 Å². The van der Waals surface area contributed by atoms with Crippen LogP contribution in [0.4, 0.5) is 5.69 Å². The Balaban J connectivity index is 1.54. The highest BCUT2D eigenvalue weighted by Gasteiger charge is 2.34. The smallest absolute Gasteiger partial charge is 0.0397 e. The van der Waals surface area contributed by atoms with Gasteiger partial charge in [-0.25, -0.2) is 0 Å². The second-order valence-corrected chi connectivity index (χ2v) is 7.22. The molecule has 0 amide bonds. The Morgan fingerprint density at radius 1 is 1.14 bits per heavy atom. The van der Waals surface area contributed by atoms with Gasteiger partial charge in [-0.2, -0.15) is 0 Å². The highest BCUT2D eigenvalue weighted by Crippen LogP contribution is 2.39. The minimum Gasteiger partial charge on any atom is -0.374 e. The SMILES string of the molecule is CN1CCc2cc(C3C(CNC4CC4)CCN3C)ccc21. The Labute approximate surface area is 128 Å². The summed E-state index contributed by atoms with van der Waals surface area (Å²) in [5.41, 5.74) is 4.52. The molecule has 1 aromatic carbocycles. The Morgan fingerprint density at radius 3 is 2.81 bits per heavy atom. The molecular weight excluding hydrogens is 258 g/mol. The lowest BCUT2D eigenvalue weighted by atomic mass is 9.92. The molecule has 0 spiro atoms. The summed E-state index contributed by atoms with van der Waals surface area (Å²) in [6.07, 6.45) is 5.32. The van der Waals surface area contributed by atoms with Crippen molar-refractivity contribution in [1.82, 2.24) is 10.2 Å². The van der Waals surface area contributed by atoms with Crippen LogP contribution < -0.4 is 10.2 Å². The Morgan fingerprint density at radius 2 is 2.00 bits per heavy atom. The van der Waals surface area contributed by atoms with Crippen molar-refractivity contribution in [3.8, 4) is 0 Å². The molecule has 0 aromatic heterocycles. The first-order chi connectivity index (χ1) is 10.2. The van der Waals surface area contributed by atoms with Crippen molar-refractivity contribution in [2.45, 2.75) is 37.8 Å². The zero-order valence-corrected chi connectivity index (χ0v) is 13.3. The molecule has 1 aliphatic carbocycles. The number of hydrogen-bond acceptors (Lipinski definition) is 3. The number of likely N-dealkylation sites (tertiary alicyclic amines) is 1. The molecule has 2 aliphatic heterocycles. The van der Waals surface area contributed by atoms with E-state index < -0.39 is 0 Å². The van der Waals surface area contributed by atoms with E-state index >= 15 is 0 Å². The van der Waals surface area contributed by atoms with Gasteiger partial charge in [-0.3, -0.25) is 4.90 Å².